The van der Waals surface area contributed by atoms with Crippen LogP contribution in [0.1, 0.15) is 11.1 Å². The minimum absolute atomic E-state index is 0.0469. The summed E-state index contributed by atoms with van der Waals surface area (Å²) >= 11 is 1.22. The van der Waals surface area contributed by atoms with E-state index in [2.05, 4.69) is 20.8 Å². The van der Waals surface area contributed by atoms with Crippen molar-refractivity contribution in [1.29, 1.82) is 0 Å². The van der Waals surface area contributed by atoms with Crippen molar-refractivity contribution >= 4 is 23.7 Å². The van der Waals surface area contributed by atoms with Gasteiger partial charge in [-0.25, -0.2) is 4.79 Å². The molecule has 144 valence electrons. The molecule has 0 fully saturated rings. The molecule has 28 heavy (non-hydrogen) atoms. The molecule has 3 amide bonds. The quantitative estimate of drug-likeness (QED) is 0.648. The van der Waals surface area contributed by atoms with Crippen LogP contribution < -0.4 is 10.6 Å². The molecule has 3 rings (SSSR count). The second kappa shape index (κ2) is 8.71. The van der Waals surface area contributed by atoms with Crippen molar-refractivity contribution in [2.45, 2.75) is 19.0 Å². The minimum Gasteiger partial charge on any atom is -0.341 e. The molecule has 0 saturated carbocycles. The summed E-state index contributed by atoms with van der Waals surface area (Å²) in [6.07, 6.45) is 0. The van der Waals surface area contributed by atoms with E-state index in [9.17, 15) is 9.59 Å². The predicted octanol–water partition coefficient (Wildman–Crippen LogP) is 3.10. The second-order valence-electron chi connectivity index (χ2n) is 6.26. The maximum atomic E-state index is 11.9. The summed E-state index contributed by atoms with van der Waals surface area (Å²) in [7, 11) is 1.46. The lowest BCUT2D eigenvalue weighted by atomic mass is 10.1. The fourth-order valence-corrected chi connectivity index (χ4v) is 3.29. The van der Waals surface area contributed by atoms with Crippen molar-refractivity contribution in [3.05, 3.63) is 59.7 Å². The average molecular weight is 395 g/mol. The van der Waals surface area contributed by atoms with Gasteiger partial charge in [-0.2, -0.15) is 0 Å². The van der Waals surface area contributed by atoms with Crippen molar-refractivity contribution in [3.8, 4) is 17.1 Å². The molecule has 0 radical (unpaired) electrons. The number of benzene rings is 2. The van der Waals surface area contributed by atoms with Crippen LogP contribution in [0.3, 0.4) is 0 Å². The molecule has 0 bridgehead atoms. The molecular formula is C20H21N5O2S. The molecule has 0 saturated heterocycles. The Kier molecular flexibility index (Phi) is 6.10. The van der Waals surface area contributed by atoms with Crippen molar-refractivity contribution in [2.24, 2.45) is 0 Å². The molecule has 0 atom stereocenters. The fourth-order valence-electron chi connectivity index (χ4n) is 2.53. The number of rotatable bonds is 5. The number of imide groups is 1. The first kappa shape index (κ1) is 19.6. The molecule has 0 aliphatic carbocycles. The maximum Gasteiger partial charge on any atom is 0.321 e. The highest BCUT2D eigenvalue weighted by Crippen LogP contribution is 2.28. The molecule has 1 heterocycles. The normalized spacial score (nSPS) is 10.5. The number of carbonyl (C=O) groups is 2. The Balaban J connectivity index is 1.93. The summed E-state index contributed by atoms with van der Waals surface area (Å²) in [6, 6.07) is 15.5. The SMILES string of the molecule is CNC(=O)NC(=O)CSc1nnc(-c2ccc(C)cc2)n1-c1ccc(C)cc1. The summed E-state index contributed by atoms with van der Waals surface area (Å²) in [4.78, 5) is 23.2. The molecular weight excluding hydrogens is 374 g/mol. The molecule has 2 aromatic carbocycles. The van der Waals surface area contributed by atoms with Gasteiger partial charge in [0.05, 0.1) is 5.75 Å². The predicted molar refractivity (Wildman–Crippen MR) is 110 cm³/mol. The van der Waals surface area contributed by atoms with E-state index in [1.54, 1.807) is 0 Å². The summed E-state index contributed by atoms with van der Waals surface area (Å²) in [5, 5.41) is 13.8. The van der Waals surface area contributed by atoms with Gasteiger partial charge >= 0.3 is 6.03 Å². The van der Waals surface area contributed by atoms with Crippen LogP contribution in [0, 0.1) is 13.8 Å². The highest BCUT2D eigenvalue weighted by molar-refractivity contribution is 7.99. The van der Waals surface area contributed by atoms with Gasteiger partial charge in [0.25, 0.3) is 0 Å². The fraction of sp³-hybridized carbons (Fsp3) is 0.200. The Bertz CT molecular complexity index is 981. The highest BCUT2D eigenvalue weighted by Gasteiger charge is 2.17. The molecule has 0 aliphatic heterocycles. The topological polar surface area (TPSA) is 88.9 Å². The van der Waals surface area contributed by atoms with Crippen molar-refractivity contribution < 1.29 is 9.59 Å². The first-order chi connectivity index (χ1) is 13.5. The van der Waals surface area contributed by atoms with Gasteiger partial charge in [0, 0.05) is 18.3 Å². The van der Waals surface area contributed by atoms with Gasteiger partial charge in [-0.1, -0.05) is 59.3 Å². The van der Waals surface area contributed by atoms with E-state index in [-0.39, 0.29) is 5.75 Å². The number of urea groups is 1. The number of hydrogen-bond donors (Lipinski definition) is 2. The van der Waals surface area contributed by atoms with Crippen molar-refractivity contribution in [3.63, 3.8) is 0 Å². The lowest BCUT2D eigenvalue weighted by Crippen LogP contribution is -2.38. The van der Waals surface area contributed by atoms with Gasteiger partial charge in [-0.3, -0.25) is 14.7 Å². The zero-order chi connectivity index (χ0) is 20.1. The third kappa shape index (κ3) is 4.58. The van der Waals surface area contributed by atoms with Crippen molar-refractivity contribution in [2.75, 3.05) is 12.8 Å². The standard InChI is InChI=1S/C20H21N5O2S/c1-13-4-8-15(9-5-13)18-23-24-20(28-12-17(26)22-19(27)21-3)25(18)16-10-6-14(2)7-11-16/h4-11H,12H2,1-3H3,(H2,21,22,26,27). The number of thioether (sulfide) groups is 1. The zero-order valence-electron chi connectivity index (χ0n) is 15.9. The molecule has 0 aliphatic rings. The lowest BCUT2D eigenvalue weighted by molar-refractivity contribution is -0.117. The van der Waals surface area contributed by atoms with Gasteiger partial charge in [-0.15, -0.1) is 10.2 Å². The summed E-state index contributed by atoms with van der Waals surface area (Å²) in [5.41, 5.74) is 4.14. The Morgan fingerprint density at radius 3 is 2.18 bits per heavy atom. The minimum atomic E-state index is -0.536. The molecule has 7 nitrogen and oxygen atoms in total. The van der Waals surface area contributed by atoms with E-state index in [4.69, 9.17) is 0 Å². The third-order valence-corrected chi connectivity index (χ3v) is 4.98. The maximum absolute atomic E-state index is 11.9. The van der Waals surface area contributed by atoms with E-state index in [1.165, 1.54) is 18.8 Å². The molecule has 2 N–H and O–H groups in total. The van der Waals surface area contributed by atoms with Gasteiger partial charge in [-0.05, 0) is 26.0 Å². The van der Waals surface area contributed by atoms with Crippen LogP contribution in [0.15, 0.2) is 53.7 Å². The van der Waals surface area contributed by atoms with Crippen LogP contribution in [-0.2, 0) is 4.79 Å². The summed E-state index contributed by atoms with van der Waals surface area (Å²) in [5.74, 6) is 0.337. The first-order valence-corrected chi connectivity index (χ1v) is 9.70. The number of carbonyl (C=O) groups excluding carboxylic acids is 2. The molecule has 0 spiro atoms. The summed E-state index contributed by atoms with van der Waals surface area (Å²) in [6.45, 7) is 4.05. The number of amides is 3. The Labute approximate surface area is 167 Å². The Morgan fingerprint density at radius 1 is 0.964 bits per heavy atom. The van der Waals surface area contributed by atoms with Gasteiger partial charge in [0.2, 0.25) is 5.91 Å². The van der Waals surface area contributed by atoms with E-state index >= 15 is 0 Å². The van der Waals surface area contributed by atoms with Crippen LogP contribution >= 0.6 is 11.8 Å². The van der Waals surface area contributed by atoms with Crippen LogP contribution in [0.5, 0.6) is 0 Å². The number of hydrogen-bond acceptors (Lipinski definition) is 5. The van der Waals surface area contributed by atoms with Crippen LogP contribution in [0.2, 0.25) is 0 Å². The highest BCUT2D eigenvalue weighted by atomic mass is 32.2. The number of aryl methyl sites for hydroxylation is 2. The van der Waals surface area contributed by atoms with E-state index in [0.717, 1.165) is 22.4 Å². The monoisotopic (exact) mass is 395 g/mol. The third-order valence-electron chi connectivity index (χ3n) is 4.05. The number of nitrogens with one attached hydrogen (secondary N) is 2. The average Bonchev–Trinajstić information content (AvgIpc) is 3.11. The van der Waals surface area contributed by atoms with Gasteiger partial charge in [0.1, 0.15) is 0 Å². The number of aromatic nitrogens is 3. The molecule has 1 aromatic heterocycles. The van der Waals surface area contributed by atoms with Gasteiger partial charge < -0.3 is 5.32 Å². The van der Waals surface area contributed by atoms with E-state index < -0.39 is 11.9 Å². The van der Waals surface area contributed by atoms with Gasteiger partial charge in [0.15, 0.2) is 11.0 Å². The molecule has 0 unspecified atom stereocenters. The summed E-state index contributed by atoms with van der Waals surface area (Å²) < 4.78 is 1.92. The Hall–Kier alpha value is -3.13. The van der Waals surface area contributed by atoms with Crippen LogP contribution in [0.4, 0.5) is 4.79 Å². The zero-order valence-corrected chi connectivity index (χ0v) is 16.7. The van der Waals surface area contributed by atoms with Crippen LogP contribution in [0.25, 0.3) is 17.1 Å². The van der Waals surface area contributed by atoms with Crippen molar-refractivity contribution in [1.82, 2.24) is 25.4 Å². The second-order valence-corrected chi connectivity index (χ2v) is 7.20. The van der Waals surface area contributed by atoms with E-state index in [0.29, 0.717) is 11.0 Å². The lowest BCUT2D eigenvalue weighted by Gasteiger charge is -2.11. The Morgan fingerprint density at radius 2 is 1.57 bits per heavy atom. The number of nitrogens with zero attached hydrogens (tertiary/aromatic N) is 3. The van der Waals surface area contributed by atoms with E-state index in [1.807, 2.05) is 66.9 Å². The smallest absolute Gasteiger partial charge is 0.321 e. The largest absolute Gasteiger partial charge is 0.341 e. The first-order valence-electron chi connectivity index (χ1n) is 8.72. The van der Waals surface area contributed by atoms with Crippen LogP contribution in [-0.4, -0.2) is 39.5 Å². The molecule has 8 heteroatoms. The molecule has 3 aromatic rings.